The maximum absolute atomic E-state index is 13.2. The van der Waals surface area contributed by atoms with Crippen LogP contribution in [0.1, 0.15) is 18.1 Å². The third kappa shape index (κ3) is 5.11. The van der Waals surface area contributed by atoms with Crippen molar-refractivity contribution in [2.45, 2.75) is 19.4 Å². The second kappa shape index (κ2) is 8.02. The van der Waals surface area contributed by atoms with Crippen molar-refractivity contribution in [3.05, 3.63) is 65.2 Å². The van der Waals surface area contributed by atoms with E-state index in [-0.39, 0.29) is 17.1 Å². The highest BCUT2D eigenvalue weighted by Gasteiger charge is 2.17. The van der Waals surface area contributed by atoms with Gasteiger partial charge in [-0.25, -0.2) is 8.78 Å². The van der Waals surface area contributed by atoms with E-state index in [1.807, 2.05) is 0 Å². The van der Waals surface area contributed by atoms with Crippen molar-refractivity contribution in [3.63, 3.8) is 0 Å². The lowest BCUT2D eigenvalue weighted by Crippen LogP contribution is -2.41. The van der Waals surface area contributed by atoms with Gasteiger partial charge in [0, 0.05) is 11.7 Å². The van der Waals surface area contributed by atoms with Gasteiger partial charge in [-0.1, -0.05) is 12.1 Å². The maximum Gasteiger partial charge on any atom is 0.313 e. The summed E-state index contributed by atoms with van der Waals surface area (Å²) in [6, 6.07) is 10.6. The first kappa shape index (κ1) is 18.1. The number of amides is 2. The van der Waals surface area contributed by atoms with Crippen LogP contribution in [0.4, 0.5) is 14.5 Å². The predicted molar refractivity (Wildman–Crippen MR) is 87.5 cm³/mol. The Kier molecular flexibility index (Phi) is 5.79. The van der Waals surface area contributed by atoms with Gasteiger partial charge >= 0.3 is 11.8 Å². The van der Waals surface area contributed by atoms with Gasteiger partial charge < -0.3 is 10.6 Å². The molecule has 2 amide bonds. The molecule has 0 heterocycles. The van der Waals surface area contributed by atoms with Crippen LogP contribution in [0.15, 0.2) is 42.5 Å². The largest absolute Gasteiger partial charge is 0.345 e. The predicted octanol–water partition coefficient (Wildman–Crippen LogP) is 2.52. The minimum Gasteiger partial charge on any atom is -0.345 e. The fraction of sp³-hybridized carbons (Fsp3) is 0.167. The van der Waals surface area contributed by atoms with Gasteiger partial charge in [0.1, 0.15) is 17.7 Å². The number of nitrogens with one attached hydrogen (secondary N) is 2. The minimum absolute atomic E-state index is 0.135. The fourth-order valence-corrected chi connectivity index (χ4v) is 2.23. The number of hydrogen-bond donors (Lipinski definition) is 2. The molecule has 0 aliphatic rings. The van der Waals surface area contributed by atoms with Gasteiger partial charge in [-0.15, -0.1) is 0 Å². The number of carbonyl (C=O) groups is 2. The van der Waals surface area contributed by atoms with Crippen molar-refractivity contribution < 1.29 is 18.4 Å². The number of hydrogen-bond acceptors (Lipinski definition) is 3. The Morgan fingerprint density at radius 3 is 2.60 bits per heavy atom. The smallest absolute Gasteiger partial charge is 0.313 e. The number of nitriles is 1. The third-order valence-corrected chi connectivity index (χ3v) is 3.36. The Labute approximate surface area is 143 Å². The molecular weight excluding hydrogens is 328 g/mol. The van der Waals surface area contributed by atoms with Gasteiger partial charge in [-0.2, -0.15) is 5.26 Å². The van der Waals surface area contributed by atoms with Crippen molar-refractivity contribution in [1.82, 2.24) is 5.32 Å². The maximum atomic E-state index is 13.2. The lowest BCUT2D eigenvalue weighted by atomic mass is 10.1. The summed E-state index contributed by atoms with van der Waals surface area (Å²) in [6.07, 6.45) is 0.353. The molecule has 0 radical (unpaired) electrons. The number of rotatable bonds is 4. The van der Waals surface area contributed by atoms with Crippen LogP contribution in [0.3, 0.4) is 0 Å². The highest BCUT2D eigenvalue weighted by molar-refractivity contribution is 6.39. The van der Waals surface area contributed by atoms with Crippen LogP contribution in [-0.2, 0) is 16.0 Å². The normalized spacial score (nSPS) is 11.3. The Morgan fingerprint density at radius 2 is 1.92 bits per heavy atom. The number of halogens is 2. The highest BCUT2D eigenvalue weighted by atomic mass is 19.1. The average molecular weight is 343 g/mol. The first-order chi connectivity index (χ1) is 11.9. The van der Waals surface area contributed by atoms with E-state index in [0.29, 0.717) is 12.0 Å². The molecule has 0 bridgehead atoms. The van der Waals surface area contributed by atoms with Crippen LogP contribution < -0.4 is 10.6 Å². The Bertz CT molecular complexity index is 846. The molecule has 0 aliphatic heterocycles. The van der Waals surface area contributed by atoms with Gasteiger partial charge in [0.25, 0.3) is 0 Å². The minimum atomic E-state index is -0.943. The Hall–Kier alpha value is -3.27. The zero-order valence-electron chi connectivity index (χ0n) is 13.3. The Balaban J connectivity index is 1.93. The van der Waals surface area contributed by atoms with E-state index in [2.05, 4.69) is 10.6 Å². The number of carbonyl (C=O) groups excluding carboxylic acids is 2. The van der Waals surface area contributed by atoms with Crippen molar-refractivity contribution in [2.24, 2.45) is 0 Å². The lowest BCUT2D eigenvalue weighted by Gasteiger charge is -2.14. The van der Waals surface area contributed by atoms with Crippen LogP contribution >= 0.6 is 0 Å². The molecule has 7 heteroatoms. The number of benzene rings is 2. The summed E-state index contributed by atoms with van der Waals surface area (Å²) in [5.74, 6) is -2.92. The Morgan fingerprint density at radius 1 is 1.16 bits per heavy atom. The van der Waals surface area contributed by atoms with Gasteiger partial charge in [-0.05, 0) is 49.2 Å². The van der Waals surface area contributed by atoms with Crippen molar-refractivity contribution >= 4 is 17.5 Å². The molecule has 2 rings (SSSR count). The van der Waals surface area contributed by atoms with E-state index in [1.54, 1.807) is 25.1 Å². The second-order valence-corrected chi connectivity index (χ2v) is 5.47. The quantitative estimate of drug-likeness (QED) is 0.837. The number of anilines is 1. The van der Waals surface area contributed by atoms with E-state index in [9.17, 15) is 18.4 Å². The van der Waals surface area contributed by atoms with Gasteiger partial charge in [0.2, 0.25) is 0 Å². The summed E-state index contributed by atoms with van der Waals surface area (Å²) in [7, 11) is 0. The summed E-state index contributed by atoms with van der Waals surface area (Å²) in [4.78, 5) is 23.8. The fourth-order valence-electron chi connectivity index (χ4n) is 2.23. The third-order valence-electron chi connectivity index (χ3n) is 3.36. The molecule has 2 aromatic carbocycles. The molecular formula is C18H15F2N3O2. The molecule has 0 aromatic heterocycles. The van der Waals surface area contributed by atoms with Crippen molar-refractivity contribution in [3.8, 4) is 6.07 Å². The monoisotopic (exact) mass is 343 g/mol. The first-order valence-electron chi connectivity index (χ1n) is 7.45. The van der Waals surface area contributed by atoms with Crippen LogP contribution in [-0.4, -0.2) is 17.9 Å². The molecule has 0 saturated carbocycles. The zero-order valence-corrected chi connectivity index (χ0v) is 13.3. The molecule has 128 valence electrons. The van der Waals surface area contributed by atoms with E-state index in [1.165, 1.54) is 18.2 Å². The van der Waals surface area contributed by atoms with Gasteiger partial charge in [0.15, 0.2) is 0 Å². The van der Waals surface area contributed by atoms with E-state index < -0.39 is 23.7 Å². The van der Waals surface area contributed by atoms with Crippen LogP contribution in [0, 0.1) is 23.0 Å². The van der Waals surface area contributed by atoms with E-state index in [0.717, 1.165) is 12.1 Å². The molecule has 0 fully saturated rings. The van der Waals surface area contributed by atoms with Crippen LogP contribution in [0.2, 0.25) is 0 Å². The summed E-state index contributed by atoms with van der Waals surface area (Å²) in [5.41, 5.74) is 0.582. The molecule has 1 atom stereocenters. The molecule has 2 aromatic rings. The van der Waals surface area contributed by atoms with Crippen LogP contribution in [0.5, 0.6) is 0 Å². The molecule has 0 aliphatic carbocycles. The number of nitrogens with zero attached hydrogens (tertiary/aromatic N) is 1. The second-order valence-electron chi connectivity index (χ2n) is 5.47. The van der Waals surface area contributed by atoms with Crippen molar-refractivity contribution in [1.29, 1.82) is 5.26 Å². The van der Waals surface area contributed by atoms with Crippen LogP contribution in [0.25, 0.3) is 0 Å². The average Bonchev–Trinajstić information content (AvgIpc) is 2.56. The summed E-state index contributed by atoms with van der Waals surface area (Å²) < 4.78 is 26.4. The highest BCUT2D eigenvalue weighted by Crippen LogP contribution is 2.13. The molecule has 1 unspecified atom stereocenters. The molecule has 2 N–H and O–H groups in total. The topological polar surface area (TPSA) is 82.0 Å². The lowest BCUT2D eigenvalue weighted by molar-refractivity contribution is -0.136. The molecule has 0 spiro atoms. The van der Waals surface area contributed by atoms with E-state index >= 15 is 0 Å². The van der Waals surface area contributed by atoms with Gasteiger partial charge in [-0.3, -0.25) is 9.59 Å². The van der Waals surface area contributed by atoms with E-state index in [4.69, 9.17) is 5.26 Å². The molecule has 0 saturated heterocycles. The summed E-state index contributed by atoms with van der Waals surface area (Å²) >= 11 is 0. The standard InChI is InChI=1S/C18H15F2N3O2/c1-11(7-12-3-2-4-14(19)8-12)22-17(24)18(25)23-15-5-6-16(20)13(9-15)10-21/h2-6,8-9,11H,7H2,1H3,(H,22,24)(H,23,25). The first-order valence-corrected chi connectivity index (χ1v) is 7.45. The summed E-state index contributed by atoms with van der Waals surface area (Å²) in [6.45, 7) is 1.68. The zero-order chi connectivity index (χ0) is 18.4. The summed E-state index contributed by atoms with van der Waals surface area (Å²) in [5, 5.41) is 13.5. The van der Waals surface area contributed by atoms with Gasteiger partial charge in [0.05, 0.1) is 5.56 Å². The molecule has 5 nitrogen and oxygen atoms in total. The SMILES string of the molecule is CC(Cc1cccc(F)c1)NC(=O)C(=O)Nc1ccc(F)c(C#N)c1. The van der Waals surface area contributed by atoms with Crippen molar-refractivity contribution in [2.75, 3.05) is 5.32 Å². The molecule has 25 heavy (non-hydrogen) atoms.